The number of rotatable bonds is 4. The Morgan fingerprint density at radius 2 is 1.23 bits per heavy atom. The molecule has 0 saturated heterocycles. The van der Waals surface area contributed by atoms with Gasteiger partial charge in [0.2, 0.25) is 0 Å². The van der Waals surface area contributed by atoms with Crippen LogP contribution in [-0.2, 0) is 24.9 Å². The van der Waals surface area contributed by atoms with Gasteiger partial charge in [-0.1, -0.05) is 147 Å². The van der Waals surface area contributed by atoms with E-state index >= 15 is 0 Å². The van der Waals surface area contributed by atoms with Crippen LogP contribution >= 0.6 is 0 Å². The Labute approximate surface area is 261 Å². The van der Waals surface area contributed by atoms with E-state index in [2.05, 4.69) is 146 Å². The first-order valence-corrected chi connectivity index (χ1v) is 15.9. The normalized spacial score (nSPS) is 16.2. The summed E-state index contributed by atoms with van der Waals surface area (Å²) < 4.78 is 7.42. The molecule has 0 saturated carbocycles. The van der Waals surface area contributed by atoms with Gasteiger partial charge in [0.15, 0.2) is 5.60 Å². The molecule has 0 aromatic heterocycles. The van der Waals surface area contributed by atoms with Crippen LogP contribution < -0.4 is 4.74 Å². The molecule has 0 fully saturated rings. The molecule has 6 aromatic rings. The van der Waals surface area contributed by atoms with Gasteiger partial charge in [-0.25, -0.2) is 0 Å². The third kappa shape index (κ3) is 4.74. The third-order valence-corrected chi connectivity index (χ3v) is 9.10. The molecule has 1 heterocycles. The summed E-state index contributed by atoms with van der Waals surface area (Å²) in [6, 6.07) is 46.3. The number of hydrogen-bond donors (Lipinski definition) is 0. The van der Waals surface area contributed by atoms with Crippen LogP contribution in [0.4, 0.5) is 0 Å². The van der Waals surface area contributed by atoms with Crippen molar-refractivity contribution in [1.29, 1.82) is 0 Å². The summed E-state index contributed by atoms with van der Waals surface area (Å²) in [6.07, 6.45) is 7.50. The largest absolute Gasteiger partial charge is 0.473 e. The highest BCUT2D eigenvalue weighted by atomic mass is 16.5. The SMILES string of the molecule is CC.Cc1ccc(C2(c3ccc(Cc4ccccc4)cc3)C=Cc3c(c4c(c5ccccc35)-c3ccccc3CC4)O2)cc1. The topological polar surface area (TPSA) is 9.23 Å². The molecule has 0 N–H and O–H groups in total. The van der Waals surface area contributed by atoms with Gasteiger partial charge in [-0.2, -0.15) is 0 Å². The third-order valence-electron chi connectivity index (χ3n) is 9.10. The lowest BCUT2D eigenvalue weighted by Gasteiger charge is -2.39. The van der Waals surface area contributed by atoms with Crippen LogP contribution in [0.5, 0.6) is 5.75 Å². The molecule has 1 atom stereocenters. The average Bonchev–Trinajstić information content (AvgIpc) is 3.10. The maximum absolute atomic E-state index is 7.42. The summed E-state index contributed by atoms with van der Waals surface area (Å²) in [4.78, 5) is 0. The molecule has 0 bridgehead atoms. The summed E-state index contributed by atoms with van der Waals surface area (Å²) in [5, 5.41) is 2.55. The molecule has 0 amide bonds. The van der Waals surface area contributed by atoms with Crippen molar-refractivity contribution in [1.82, 2.24) is 0 Å². The quantitative estimate of drug-likeness (QED) is 0.205. The van der Waals surface area contributed by atoms with Crippen LogP contribution in [-0.4, -0.2) is 0 Å². The van der Waals surface area contributed by atoms with Gasteiger partial charge < -0.3 is 4.74 Å². The lowest BCUT2D eigenvalue weighted by atomic mass is 9.78. The van der Waals surface area contributed by atoms with E-state index in [1.165, 1.54) is 55.3 Å². The highest BCUT2D eigenvalue weighted by Gasteiger charge is 2.39. The van der Waals surface area contributed by atoms with Crippen molar-refractivity contribution in [2.24, 2.45) is 0 Å². The first-order valence-electron chi connectivity index (χ1n) is 15.9. The minimum atomic E-state index is -0.723. The zero-order valence-corrected chi connectivity index (χ0v) is 25.8. The van der Waals surface area contributed by atoms with Crippen LogP contribution in [0, 0.1) is 6.92 Å². The number of fused-ring (bicyclic) bond motifs is 8. The average molecular weight is 571 g/mol. The van der Waals surface area contributed by atoms with E-state index in [4.69, 9.17) is 4.74 Å². The molecule has 1 aliphatic carbocycles. The molecular formula is C43H38O. The predicted molar refractivity (Wildman–Crippen MR) is 185 cm³/mol. The van der Waals surface area contributed by atoms with Crippen molar-refractivity contribution < 1.29 is 4.74 Å². The molecule has 0 spiro atoms. The number of aryl methyl sites for hydroxylation is 2. The van der Waals surface area contributed by atoms with E-state index in [1.807, 2.05) is 13.8 Å². The van der Waals surface area contributed by atoms with E-state index < -0.39 is 5.60 Å². The maximum atomic E-state index is 7.42. The van der Waals surface area contributed by atoms with Gasteiger partial charge in [0, 0.05) is 22.3 Å². The van der Waals surface area contributed by atoms with Gasteiger partial charge in [-0.05, 0) is 76.9 Å². The second kappa shape index (κ2) is 11.7. The van der Waals surface area contributed by atoms with Gasteiger partial charge in [-0.15, -0.1) is 0 Å². The molecule has 8 rings (SSSR count). The first-order chi connectivity index (χ1) is 21.7. The molecule has 1 unspecified atom stereocenters. The van der Waals surface area contributed by atoms with E-state index in [0.717, 1.165) is 36.1 Å². The van der Waals surface area contributed by atoms with Gasteiger partial charge in [0.05, 0.1) is 0 Å². The van der Waals surface area contributed by atoms with E-state index in [1.54, 1.807) is 0 Å². The van der Waals surface area contributed by atoms with E-state index in [9.17, 15) is 0 Å². The summed E-state index contributed by atoms with van der Waals surface area (Å²) in [5.74, 6) is 1.02. The van der Waals surface area contributed by atoms with Crippen molar-refractivity contribution in [3.8, 4) is 16.9 Å². The zero-order valence-electron chi connectivity index (χ0n) is 25.8. The fourth-order valence-electron chi connectivity index (χ4n) is 6.94. The molecular weight excluding hydrogens is 532 g/mol. The van der Waals surface area contributed by atoms with Gasteiger partial charge >= 0.3 is 0 Å². The monoisotopic (exact) mass is 570 g/mol. The van der Waals surface area contributed by atoms with Crippen LogP contribution in [0.2, 0.25) is 0 Å². The molecule has 216 valence electrons. The molecule has 1 heteroatoms. The summed E-state index contributed by atoms with van der Waals surface area (Å²) in [7, 11) is 0. The summed E-state index contributed by atoms with van der Waals surface area (Å²) >= 11 is 0. The van der Waals surface area contributed by atoms with E-state index in [-0.39, 0.29) is 0 Å². The fourth-order valence-corrected chi connectivity index (χ4v) is 6.94. The standard InChI is InChI=1S/C41H32O.C2H6/c1-28-15-20-32(21-16-28)41(33-22-17-30(18-23-33)27-29-9-3-2-4-10-29)26-25-37-35-13-7-8-14-36(35)39-34-12-6-5-11-31(34)19-24-38(39)40(37)42-41;1-2/h2-18,20-23,25-26H,19,24,27H2,1H3;1-2H3. The Morgan fingerprint density at radius 1 is 0.614 bits per heavy atom. The van der Waals surface area contributed by atoms with Crippen LogP contribution in [0.3, 0.4) is 0 Å². The molecule has 1 nitrogen and oxygen atoms in total. The number of benzene rings is 6. The summed E-state index contributed by atoms with van der Waals surface area (Å²) in [6.45, 7) is 6.14. The van der Waals surface area contributed by atoms with Crippen molar-refractivity contribution in [2.45, 2.75) is 45.6 Å². The Bertz CT molecular complexity index is 1960. The van der Waals surface area contributed by atoms with Crippen LogP contribution in [0.1, 0.15) is 58.4 Å². The van der Waals surface area contributed by atoms with Crippen molar-refractivity contribution in [3.63, 3.8) is 0 Å². The second-order valence-electron chi connectivity index (χ2n) is 11.7. The lowest BCUT2D eigenvalue weighted by Crippen LogP contribution is -2.35. The second-order valence-corrected chi connectivity index (χ2v) is 11.7. The smallest absolute Gasteiger partial charge is 0.178 e. The molecule has 1 aliphatic heterocycles. The fraction of sp³-hybridized carbons (Fsp3) is 0.163. The predicted octanol–water partition coefficient (Wildman–Crippen LogP) is 10.9. The van der Waals surface area contributed by atoms with Gasteiger partial charge in [-0.3, -0.25) is 0 Å². The molecule has 2 aliphatic rings. The molecule has 6 aromatic carbocycles. The van der Waals surface area contributed by atoms with Gasteiger partial charge in [0.25, 0.3) is 0 Å². The first kappa shape index (κ1) is 27.9. The number of hydrogen-bond acceptors (Lipinski definition) is 1. The minimum absolute atomic E-state index is 0.723. The van der Waals surface area contributed by atoms with Crippen LogP contribution in [0.15, 0.2) is 133 Å². The van der Waals surface area contributed by atoms with Crippen molar-refractivity contribution in [2.75, 3.05) is 0 Å². The van der Waals surface area contributed by atoms with E-state index in [0.29, 0.717) is 0 Å². The molecule has 44 heavy (non-hydrogen) atoms. The maximum Gasteiger partial charge on any atom is 0.178 e. The highest BCUT2D eigenvalue weighted by molar-refractivity contribution is 6.06. The molecule has 0 radical (unpaired) electrons. The van der Waals surface area contributed by atoms with Gasteiger partial charge in [0.1, 0.15) is 5.75 Å². The zero-order chi connectivity index (χ0) is 30.1. The summed E-state index contributed by atoms with van der Waals surface area (Å²) in [5.41, 5.74) is 12.0. The van der Waals surface area contributed by atoms with Crippen molar-refractivity contribution >= 4 is 16.8 Å². The highest BCUT2D eigenvalue weighted by Crippen LogP contribution is 2.51. The number of ether oxygens (including phenoxy) is 1. The van der Waals surface area contributed by atoms with Crippen LogP contribution in [0.25, 0.3) is 28.0 Å². The van der Waals surface area contributed by atoms with Crippen molar-refractivity contribution in [3.05, 3.63) is 178 Å². The lowest BCUT2D eigenvalue weighted by molar-refractivity contribution is 0.159. The Hall–Kier alpha value is -4.88. The Kier molecular flexibility index (Phi) is 7.40. The Balaban J connectivity index is 0.00000153. The minimum Gasteiger partial charge on any atom is -0.473 e. The Morgan fingerprint density at radius 3 is 1.98 bits per heavy atom.